The lowest BCUT2D eigenvalue weighted by molar-refractivity contribution is -0.140. The Morgan fingerprint density at radius 1 is 1.21 bits per heavy atom. The number of sulfonamides is 1. The molecular formula is C22H25ClN4O5S. The summed E-state index contributed by atoms with van der Waals surface area (Å²) in [5.41, 5.74) is 0.229. The molecule has 1 aliphatic heterocycles. The van der Waals surface area contributed by atoms with Gasteiger partial charge in [-0.25, -0.2) is 13.1 Å². The Bertz CT molecular complexity index is 1170. The van der Waals surface area contributed by atoms with Gasteiger partial charge >= 0.3 is 5.97 Å². The summed E-state index contributed by atoms with van der Waals surface area (Å²) in [5.74, 6) is -0.879. The van der Waals surface area contributed by atoms with Crippen molar-refractivity contribution in [3.63, 3.8) is 0 Å². The standard InChI is InChI=1S/C22H25ClN4O5S/c1-22(20(29)27(21(24)26-22)13-16-4-3-5-17(23)12-16)14-25-33(30,31)18-9-6-15(7-10-18)8-11-19(28)32-2/h3-7,9-10,12,25H,8,11,13-14H2,1-2H3,(H2,24,26). The summed E-state index contributed by atoms with van der Waals surface area (Å²) in [6, 6.07) is 13.1. The maximum absolute atomic E-state index is 13.0. The first-order valence-electron chi connectivity index (χ1n) is 10.1. The van der Waals surface area contributed by atoms with Gasteiger partial charge in [-0.15, -0.1) is 0 Å². The number of nitrogens with one attached hydrogen (secondary N) is 3. The molecule has 33 heavy (non-hydrogen) atoms. The molecule has 9 nitrogen and oxygen atoms in total. The summed E-state index contributed by atoms with van der Waals surface area (Å²) in [6.07, 6.45) is 0.631. The van der Waals surface area contributed by atoms with E-state index in [-0.39, 0.29) is 36.3 Å². The summed E-state index contributed by atoms with van der Waals surface area (Å²) >= 11 is 6.00. The van der Waals surface area contributed by atoms with Crippen molar-refractivity contribution in [3.8, 4) is 0 Å². The van der Waals surface area contributed by atoms with E-state index in [9.17, 15) is 18.0 Å². The Morgan fingerprint density at radius 3 is 2.55 bits per heavy atom. The van der Waals surface area contributed by atoms with E-state index < -0.39 is 21.5 Å². The number of rotatable bonds is 9. The van der Waals surface area contributed by atoms with Crippen LogP contribution in [0.5, 0.6) is 0 Å². The van der Waals surface area contributed by atoms with Crippen LogP contribution in [0.1, 0.15) is 24.5 Å². The molecule has 0 radical (unpaired) electrons. The zero-order chi connectivity index (χ0) is 24.2. The van der Waals surface area contributed by atoms with Crippen LogP contribution < -0.4 is 10.0 Å². The zero-order valence-corrected chi connectivity index (χ0v) is 19.8. The lowest BCUT2D eigenvalue weighted by atomic mass is 10.0. The van der Waals surface area contributed by atoms with Crippen LogP contribution >= 0.6 is 11.6 Å². The van der Waals surface area contributed by atoms with Gasteiger partial charge in [-0.1, -0.05) is 35.9 Å². The fourth-order valence-electron chi connectivity index (χ4n) is 3.38. The van der Waals surface area contributed by atoms with Crippen molar-refractivity contribution in [2.45, 2.75) is 36.7 Å². The molecule has 1 aliphatic rings. The average molecular weight is 493 g/mol. The molecule has 1 heterocycles. The number of ether oxygens (including phenoxy) is 1. The molecule has 1 saturated heterocycles. The van der Waals surface area contributed by atoms with Gasteiger partial charge in [0.05, 0.1) is 18.6 Å². The van der Waals surface area contributed by atoms with Gasteiger partial charge in [0.1, 0.15) is 5.54 Å². The number of benzene rings is 2. The van der Waals surface area contributed by atoms with Crippen molar-refractivity contribution in [3.05, 3.63) is 64.7 Å². The Labute approximate surface area is 197 Å². The van der Waals surface area contributed by atoms with Crippen LogP contribution in [-0.4, -0.2) is 50.3 Å². The first kappa shape index (κ1) is 24.7. The summed E-state index contributed by atoms with van der Waals surface area (Å²) in [5, 5.41) is 11.5. The molecule has 0 saturated carbocycles. The highest BCUT2D eigenvalue weighted by molar-refractivity contribution is 7.89. The lowest BCUT2D eigenvalue weighted by Crippen LogP contribution is -2.52. The number of carbonyl (C=O) groups is 2. The van der Waals surface area contributed by atoms with E-state index >= 15 is 0 Å². The van der Waals surface area contributed by atoms with Crippen LogP contribution in [0, 0.1) is 5.41 Å². The maximum atomic E-state index is 13.0. The van der Waals surface area contributed by atoms with Crippen molar-refractivity contribution in [2.75, 3.05) is 13.7 Å². The van der Waals surface area contributed by atoms with Crippen LogP contribution in [0.15, 0.2) is 53.4 Å². The molecule has 0 bridgehead atoms. The van der Waals surface area contributed by atoms with Gasteiger partial charge in [-0.3, -0.25) is 19.9 Å². The predicted molar refractivity (Wildman–Crippen MR) is 123 cm³/mol. The van der Waals surface area contributed by atoms with Gasteiger partial charge in [0.15, 0.2) is 5.96 Å². The van der Waals surface area contributed by atoms with Gasteiger partial charge in [0.2, 0.25) is 10.0 Å². The number of amides is 1. The number of guanidine groups is 1. The van der Waals surface area contributed by atoms with Crippen molar-refractivity contribution >= 4 is 39.5 Å². The Morgan fingerprint density at radius 2 is 1.91 bits per heavy atom. The summed E-state index contributed by atoms with van der Waals surface area (Å²) < 4.78 is 32.5. The highest BCUT2D eigenvalue weighted by atomic mass is 35.5. The fourth-order valence-corrected chi connectivity index (χ4v) is 4.73. The van der Waals surface area contributed by atoms with E-state index in [4.69, 9.17) is 17.0 Å². The summed E-state index contributed by atoms with van der Waals surface area (Å²) in [6.45, 7) is 1.44. The van der Waals surface area contributed by atoms with Crippen molar-refractivity contribution in [2.24, 2.45) is 0 Å². The molecule has 0 aliphatic carbocycles. The van der Waals surface area contributed by atoms with Crippen molar-refractivity contribution in [1.82, 2.24) is 14.9 Å². The predicted octanol–water partition coefficient (Wildman–Crippen LogP) is 2.05. The molecule has 1 atom stereocenters. The number of esters is 1. The largest absolute Gasteiger partial charge is 0.469 e. The van der Waals surface area contributed by atoms with E-state index in [1.54, 1.807) is 43.3 Å². The van der Waals surface area contributed by atoms with E-state index in [1.165, 1.54) is 24.1 Å². The minimum Gasteiger partial charge on any atom is -0.469 e. The molecule has 1 amide bonds. The van der Waals surface area contributed by atoms with Crippen LogP contribution in [0.4, 0.5) is 0 Å². The van der Waals surface area contributed by atoms with E-state index in [0.29, 0.717) is 11.4 Å². The second kappa shape index (κ2) is 9.90. The first-order chi connectivity index (χ1) is 15.5. The zero-order valence-electron chi connectivity index (χ0n) is 18.2. The Kier molecular flexibility index (Phi) is 7.41. The highest BCUT2D eigenvalue weighted by Gasteiger charge is 2.46. The van der Waals surface area contributed by atoms with Crippen LogP contribution in [0.3, 0.4) is 0 Å². The number of carbonyl (C=O) groups excluding carboxylic acids is 2. The van der Waals surface area contributed by atoms with Crippen LogP contribution in [0.2, 0.25) is 5.02 Å². The molecule has 1 fully saturated rings. The molecule has 2 aromatic carbocycles. The van der Waals surface area contributed by atoms with Crippen LogP contribution in [0.25, 0.3) is 0 Å². The monoisotopic (exact) mass is 492 g/mol. The number of nitrogens with zero attached hydrogens (tertiary/aromatic N) is 1. The third-order valence-electron chi connectivity index (χ3n) is 5.31. The minimum atomic E-state index is -3.90. The van der Waals surface area contributed by atoms with Gasteiger partial charge in [-0.2, -0.15) is 0 Å². The van der Waals surface area contributed by atoms with Gasteiger partial charge in [0.25, 0.3) is 5.91 Å². The molecule has 1 unspecified atom stereocenters. The number of hydrogen-bond donors (Lipinski definition) is 3. The molecule has 3 N–H and O–H groups in total. The van der Waals surface area contributed by atoms with E-state index in [1.807, 2.05) is 0 Å². The molecular weight excluding hydrogens is 468 g/mol. The Balaban J connectivity index is 1.64. The molecule has 176 valence electrons. The number of hydrogen-bond acceptors (Lipinski definition) is 6. The molecule has 3 rings (SSSR count). The smallest absolute Gasteiger partial charge is 0.305 e. The van der Waals surface area contributed by atoms with Gasteiger partial charge < -0.3 is 10.1 Å². The lowest BCUT2D eigenvalue weighted by Gasteiger charge is -2.22. The summed E-state index contributed by atoms with van der Waals surface area (Å²) in [7, 11) is -2.59. The van der Waals surface area contributed by atoms with E-state index in [2.05, 4.69) is 14.8 Å². The van der Waals surface area contributed by atoms with Gasteiger partial charge in [-0.05, 0) is 48.7 Å². The molecule has 0 aromatic heterocycles. The normalized spacial score (nSPS) is 18.3. The second-order valence-corrected chi connectivity index (χ2v) is 10.1. The minimum absolute atomic E-state index is 0.0317. The first-order valence-corrected chi connectivity index (χ1v) is 12.0. The maximum Gasteiger partial charge on any atom is 0.305 e. The van der Waals surface area contributed by atoms with Crippen molar-refractivity contribution < 1.29 is 22.7 Å². The molecule has 11 heteroatoms. The number of methoxy groups -OCH3 is 1. The summed E-state index contributed by atoms with van der Waals surface area (Å²) in [4.78, 5) is 25.5. The molecule has 2 aromatic rings. The number of halogens is 1. The highest BCUT2D eigenvalue weighted by Crippen LogP contribution is 2.21. The number of aryl methyl sites for hydroxylation is 1. The van der Waals surface area contributed by atoms with Crippen molar-refractivity contribution in [1.29, 1.82) is 5.41 Å². The third-order valence-corrected chi connectivity index (χ3v) is 6.96. The topological polar surface area (TPSA) is 129 Å². The van der Waals surface area contributed by atoms with E-state index in [0.717, 1.165) is 11.1 Å². The quantitative estimate of drug-likeness (QED) is 0.459. The van der Waals surface area contributed by atoms with Gasteiger partial charge in [0, 0.05) is 18.0 Å². The SMILES string of the molecule is COC(=O)CCc1ccc(S(=O)(=O)NCC2(C)NC(=N)N(Cc3cccc(Cl)c3)C2=O)cc1. The molecule has 0 spiro atoms. The third kappa shape index (κ3) is 5.89. The fraction of sp³-hybridized carbons (Fsp3) is 0.318. The average Bonchev–Trinajstić information content (AvgIpc) is 3.00. The van der Waals surface area contributed by atoms with Crippen LogP contribution in [-0.2, 0) is 37.3 Å². The Hall–Kier alpha value is -2.95. The second-order valence-electron chi connectivity index (χ2n) is 7.87.